The smallest absolute Gasteiger partial charge is 0.320 e. The fraction of sp³-hybridized carbons (Fsp3) is 0.615. The largest absolute Gasteiger partial charge is 0.480 e. The highest BCUT2D eigenvalue weighted by Crippen LogP contribution is 2.17. The van der Waals surface area contributed by atoms with Crippen molar-refractivity contribution >= 4 is 16.0 Å². The average Bonchev–Trinajstić information content (AvgIpc) is 2.82. The van der Waals surface area contributed by atoms with Gasteiger partial charge in [0.2, 0.25) is 5.09 Å². The van der Waals surface area contributed by atoms with E-state index < -0.39 is 22.0 Å². The van der Waals surface area contributed by atoms with Crippen LogP contribution in [0, 0.1) is 5.92 Å². The monoisotopic (exact) mass is 318 g/mol. The molecule has 0 bridgehead atoms. The van der Waals surface area contributed by atoms with Crippen molar-refractivity contribution in [1.82, 2.24) is 9.62 Å². The van der Waals surface area contributed by atoms with Crippen molar-refractivity contribution in [2.45, 2.75) is 37.9 Å². The molecular weight excluding hydrogens is 296 g/mol. The molecule has 0 aliphatic heterocycles. The molecule has 1 rings (SSSR count). The second-order valence-electron chi connectivity index (χ2n) is 5.41. The second-order valence-corrected chi connectivity index (χ2v) is 7.49. The lowest BCUT2D eigenvalue weighted by Gasteiger charge is -2.15. The van der Waals surface area contributed by atoms with Gasteiger partial charge in [-0.2, -0.15) is 0 Å². The number of carbonyl (C=O) groups is 1. The first-order chi connectivity index (χ1) is 9.64. The first-order valence-corrected chi connectivity index (χ1v) is 8.06. The Bertz CT molecular complexity index is 577. The predicted molar refractivity (Wildman–Crippen MR) is 77.3 cm³/mol. The van der Waals surface area contributed by atoms with E-state index >= 15 is 0 Å². The zero-order chi connectivity index (χ0) is 16.2. The zero-order valence-electron chi connectivity index (χ0n) is 12.7. The number of nitrogens with zero attached hydrogens (tertiary/aromatic N) is 1. The minimum absolute atomic E-state index is 0.153. The number of hydrogen-bond donors (Lipinski definition) is 2. The van der Waals surface area contributed by atoms with Gasteiger partial charge in [0.25, 0.3) is 10.0 Å². The number of carboxylic acids is 1. The molecule has 120 valence electrons. The first kappa shape index (κ1) is 17.7. The van der Waals surface area contributed by atoms with E-state index in [9.17, 15) is 13.2 Å². The molecule has 0 amide bonds. The maximum atomic E-state index is 11.9. The van der Waals surface area contributed by atoms with Crippen molar-refractivity contribution in [3.05, 3.63) is 17.9 Å². The van der Waals surface area contributed by atoms with Gasteiger partial charge in [0.1, 0.15) is 11.8 Å². The molecule has 1 aromatic heterocycles. The maximum Gasteiger partial charge on any atom is 0.320 e. The number of sulfonamides is 1. The number of nitrogens with one attached hydrogen (secondary N) is 1. The molecule has 21 heavy (non-hydrogen) atoms. The van der Waals surface area contributed by atoms with E-state index in [1.54, 1.807) is 0 Å². The molecule has 2 N–H and O–H groups in total. The van der Waals surface area contributed by atoms with Crippen LogP contribution in [0.2, 0.25) is 0 Å². The van der Waals surface area contributed by atoms with Crippen molar-refractivity contribution in [2.75, 3.05) is 14.1 Å². The minimum atomic E-state index is -3.61. The quantitative estimate of drug-likeness (QED) is 0.745. The van der Waals surface area contributed by atoms with E-state index in [1.165, 1.54) is 26.2 Å². The summed E-state index contributed by atoms with van der Waals surface area (Å²) in [7, 11) is -0.776. The maximum absolute atomic E-state index is 11.9. The number of rotatable bonds is 8. The number of furan rings is 1. The lowest BCUT2D eigenvalue weighted by molar-refractivity contribution is -0.140. The van der Waals surface area contributed by atoms with Crippen LogP contribution in [0.3, 0.4) is 0 Å². The summed E-state index contributed by atoms with van der Waals surface area (Å²) >= 11 is 0. The Kier molecular flexibility index (Phi) is 5.94. The van der Waals surface area contributed by atoms with Gasteiger partial charge in [-0.1, -0.05) is 13.8 Å². The normalized spacial score (nSPS) is 13.8. The van der Waals surface area contributed by atoms with Crippen molar-refractivity contribution in [2.24, 2.45) is 5.92 Å². The molecule has 0 aliphatic carbocycles. The molecule has 7 nitrogen and oxygen atoms in total. The Morgan fingerprint density at radius 1 is 1.38 bits per heavy atom. The Labute approximate surface area is 125 Å². The SMILES string of the molecule is CC(C)CC(NCc1ccc(S(=O)(=O)N(C)C)o1)C(=O)O. The molecule has 0 saturated heterocycles. The Morgan fingerprint density at radius 2 is 2.00 bits per heavy atom. The molecule has 8 heteroatoms. The van der Waals surface area contributed by atoms with Crippen molar-refractivity contribution in [1.29, 1.82) is 0 Å². The van der Waals surface area contributed by atoms with Gasteiger partial charge in [0.15, 0.2) is 0 Å². The third-order valence-corrected chi connectivity index (χ3v) is 4.59. The van der Waals surface area contributed by atoms with Gasteiger partial charge in [-0.15, -0.1) is 0 Å². The van der Waals surface area contributed by atoms with Crippen LogP contribution in [-0.4, -0.2) is 43.9 Å². The third-order valence-electron chi connectivity index (χ3n) is 2.90. The van der Waals surface area contributed by atoms with Gasteiger partial charge in [0, 0.05) is 14.1 Å². The van der Waals surface area contributed by atoms with Gasteiger partial charge in [-0.3, -0.25) is 10.1 Å². The molecule has 1 aromatic rings. The number of carboxylic acid groups (broad SMARTS) is 1. The van der Waals surface area contributed by atoms with Crippen LogP contribution in [0.5, 0.6) is 0 Å². The van der Waals surface area contributed by atoms with E-state index in [0.717, 1.165) is 4.31 Å². The van der Waals surface area contributed by atoms with E-state index in [2.05, 4.69) is 5.32 Å². The molecule has 0 radical (unpaired) electrons. The fourth-order valence-corrected chi connectivity index (χ4v) is 2.55. The molecule has 0 fully saturated rings. The lowest BCUT2D eigenvalue weighted by Crippen LogP contribution is -2.37. The standard InChI is InChI=1S/C13H22N2O5S/c1-9(2)7-11(13(16)17)14-8-10-5-6-12(20-10)21(18,19)15(3)4/h5-6,9,11,14H,7-8H2,1-4H3,(H,16,17). The van der Waals surface area contributed by atoms with Crippen molar-refractivity contribution in [3.63, 3.8) is 0 Å². The molecule has 1 unspecified atom stereocenters. The highest BCUT2D eigenvalue weighted by Gasteiger charge is 2.22. The van der Waals surface area contributed by atoms with Crippen molar-refractivity contribution < 1.29 is 22.7 Å². The Balaban J connectivity index is 2.73. The van der Waals surface area contributed by atoms with Crippen LogP contribution < -0.4 is 5.32 Å². The van der Waals surface area contributed by atoms with E-state index in [4.69, 9.17) is 9.52 Å². The molecular formula is C13H22N2O5S. The van der Waals surface area contributed by atoms with Gasteiger partial charge >= 0.3 is 5.97 Å². The fourth-order valence-electron chi connectivity index (χ4n) is 1.74. The van der Waals surface area contributed by atoms with Crippen molar-refractivity contribution in [3.8, 4) is 0 Å². The summed E-state index contributed by atoms with van der Waals surface area (Å²) in [6.07, 6.45) is 0.485. The van der Waals surface area contributed by atoms with Crippen LogP contribution in [0.15, 0.2) is 21.6 Å². The summed E-state index contributed by atoms with van der Waals surface area (Å²) in [6, 6.07) is 2.20. The van der Waals surface area contributed by atoms with Gasteiger partial charge in [-0.25, -0.2) is 12.7 Å². The topological polar surface area (TPSA) is 99.9 Å². The first-order valence-electron chi connectivity index (χ1n) is 6.62. The van der Waals surface area contributed by atoms with Crippen LogP contribution in [0.1, 0.15) is 26.0 Å². The molecule has 0 aromatic carbocycles. The van der Waals surface area contributed by atoms with E-state index in [-0.39, 0.29) is 17.6 Å². The summed E-state index contributed by atoms with van der Waals surface area (Å²) in [5, 5.41) is 11.8. The van der Waals surface area contributed by atoms with Gasteiger partial charge in [-0.05, 0) is 24.5 Å². The van der Waals surface area contributed by atoms with Gasteiger partial charge in [0.05, 0.1) is 6.54 Å². The summed E-state index contributed by atoms with van der Waals surface area (Å²) < 4.78 is 30.0. The Morgan fingerprint density at radius 3 is 2.48 bits per heavy atom. The third kappa shape index (κ3) is 4.83. The zero-order valence-corrected chi connectivity index (χ0v) is 13.5. The van der Waals surface area contributed by atoms with E-state index in [1.807, 2.05) is 13.8 Å². The highest BCUT2D eigenvalue weighted by atomic mass is 32.2. The summed E-state index contributed by atoms with van der Waals surface area (Å²) in [5.74, 6) is -0.318. The minimum Gasteiger partial charge on any atom is -0.480 e. The van der Waals surface area contributed by atoms with Crippen LogP contribution in [0.4, 0.5) is 0 Å². The second kappa shape index (κ2) is 7.06. The predicted octanol–water partition coefficient (Wildman–Crippen LogP) is 1.12. The molecule has 1 heterocycles. The van der Waals surface area contributed by atoms with Crippen LogP contribution in [0.25, 0.3) is 0 Å². The number of aliphatic carboxylic acids is 1. The summed E-state index contributed by atoms with van der Waals surface area (Å²) in [6.45, 7) is 4.03. The molecule has 0 saturated carbocycles. The summed E-state index contributed by atoms with van der Waals surface area (Å²) in [4.78, 5) is 11.1. The van der Waals surface area contributed by atoms with Crippen LogP contribution in [-0.2, 0) is 21.4 Å². The lowest BCUT2D eigenvalue weighted by atomic mass is 10.0. The molecule has 0 spiro atoms. The molecule has 1 atom stereocenters. The highest BCUT2D eigenvalue weighted by molar-refractivity contribution is 7.88. The Hall–Kier alpha value is -1.38. The average molecular weight is 318 g/mol. The van der Waals surface area contributed by atoms with Crippen LogP contribution >= 0.6 is 0 Å². The van der Waals surface area contributed by atoms with Gasteiger partial charge < -0.3 is 9.52 Å². The molecule has 0 aliphatic rings. The van der Waals surface area contributed by atoms with E-state index in [0.29, 0.717) is 12.2 Å². The number of hydrogen-bond acceptors (Lipinski definition) is 5. The summed E-state index contributed by atoms with van der Waals surface area (Å²) in [5.41, 5.74) is 0.